The van der Waals surface area contributed by atoms with Gasteiger partial charge >= 0.3 is 0 Å². The third kappa shape index (κ3) is 3.65. The van der Waals surface area contributed by atoms with Gasteiger partial charge in [0.25, 0.3) is 0 Å². The Bertz CT molecular complexity index is 2120. The van der Waals surface area contributed by atoms with Gasteiger partial charge in [0, 0.05) is 27.8 Å². The van der Waals surface area contributed by atoms with Crippen LogP contribution in [0.2, 0.25) is 0 Å². The lowest BCUT2D eigenvalue weighted by atomic mass is 9.92. The molecule has 188 valence electrons. The van der Waals surface area contributed by atoms with Crippen molar-refractivity contribution in [3.63, 3.8) is 0 Å². The molecule has 40 heavy (non-hydrogen) atoms. The standard InChI is InChI=1S/C38H25NO/c1-3-12-28(13-4-1)39(29-14-5-2-6-15-29)30-20-22-38-36(25-30)35-24-27(19-21-37(35)40-38)34-23-26-11-7-8-16-31(26)32-17-9-10-18-33(32)34/h1-25H. The Morgan fingerprint density at radius 1 is 0.375 bits per heavy atom. The first kappa shape index (κ1) is 22.6. The molecule has 0 N–H and O–H groups in total. The van der Waals surface area contributed by atoms with Crippen LogP contribution in [0, 0.1) is 0 Å². The topological polar surface area (TPSA) is 16.4 Å². The molecule has 0 aliphatic rings. The number of anilines is 3. The summed E-state index contributed by atoms with van der Waals surface area (Å²) in [6, 6.07) is 53.7. The molecule has 8 rings (SSSR count). The van der Waals surface area contributed by atoms with E-state index in [4.69, 9.17) is 4.42 Å². The summed E-state index contributed by atoms with van der Waals surface area (Å²) >= 11 is 0. The fourth-order valence-corrected chi connectivity index (χ4v) is 5.97. The number of furan rings is 1. The number of fused-ring (bicyclic) bond motifs is 6. The van der Waals surface area contributed by atoms with E-state index in [1.807, 2.05) is 0 Å². The number of rotatable bonds is 4. The van der Waals surface area contributed by atoms with Crippen LogP contribution in [0.4, 0.5) is 17.1 Å². The Morgan fingerprint density at radius 2 is 0.950 bits per heavy atom. The van der Waals surface area contributed by atoms with Crippen LogP contribution >= 0.6 is 0 Å². The van der Waals surface area contributed by atoms with E-state index in [9.17, 15) is 0 Å². The second-order valence-electron chi connectivity index (χ2n) is 10.2. The molecule has 8 aromatic rings. The van der Waals surface area contributed by atoms with Crippen LogP contribution in [0.25, 0.3) is 54.6 Å². The zero-order chi connectivity index (χ0) is 26.5. The van der Waals surface area contributed by atoms with E-state index < -0.39 is 0 Å². The predicted molar refractivity (Wildman–Crippen MR) is 169 cm³/mol. The highest BCUT2D eigenvalue weighted by Crippen LogP contribution is 2.41. The maximum Gasteiger partial charge on any atom is 0.135 e. The third-order valence-corrected chi connectivity index (χ3v) is 7.82. The van der Waals surface area contributed by atoms with Crippen LogP contribution in [-0.4, -0.2) is 0 Å². The summed E-state index contributed by atoms with van der Waals surface area (Å²) in [6.45, 7) is 0. The zero-order valence-electron chi connectivity index (χ0n) is 21.8. The van der Waals surface area contributed by atoms with Gasteiger partial charge in [-0.3, -0.25) is 0 Å². The molecule has 0 radical (unpaired) electrons. The second-order valence-corrected chi connectivity index (χ2v) is 10.2. The Balaban J connectivity index is 1.34. The zero-order valence-corrected chi connectivity index (χ0v) is 21.8. The van der Waals surface area contributed by atoms with E-state index in [0.717, 1.165) is 39.0 Å². The number of para-hydroxylation sites is 2. The van der Waals surface area contributed by atoms with Gasteiger partial charge in [0.15, 0.2) is 0 Å². The van der Waals surface area contributed by atoms with Crippen LogP contribution in [0.15, 0.2) is 156 Å². The average molecular weight is 512 g/mol. The summed E-state index contributed by atoms with van der Waals surface area (Å²) < 4.78 is 6.33. The van der Waals surface area contributed by atoms with Gasteiger partial charge in [0.1, 0.15) is 11.2 Å². The molecule has 7 aromatic carbocycles. The lowest BCUT2D eigenvalue weighted by Crippen LogP contribution is -2.09. The predicted octanol–water partition coefficient (Wildman–Crippen LogP) is 11.0. The normalized spacial score (nSPS) is 11.5. The van der Waals surface area contributed by atoms with Crippen molar-refractivity contribution in [1.29, 1.82) is 0 Å². The minimum absolute atomic E-state index is 0.889. The lowest BCUT2D eigenvalue weighted by molar-refractivity contribution is 0.669. The maximum absolute atomic E-state index is 6.33. The highest BCUT2D eigenvalue weighted by Gasteiger charge is 2.16. The summed E-state index contributed by atoms with van der Waals surface area (Å²) in [7, 11) is 0. The first-order chi connectivity index (χ1) is 19.8. The van der Waals surface area contributed by atoms with Gasteiger partial charge in [-0.15, -0.1) is 0 Å². The molecule has 0 aliphatic heterocycles. The first-order valence-corrected chi connectivity index (χ1v) is 13.6. The molecule has 1 heterocycles. The fraction of sp³-hybridized carbons (Fsp3) is 0. The Labute approximate surface area is 232 Å². The molecule has 0 unspecified atom stereocenters. The van der Waals surface area contributed by atoms with E-state index in [0.29, 0.717) is 0 Å². The van der Waals surface area contributed by atoms with Gasteiger partial charge in [-0.25, -0.2) is 0 Å². The molecule has 2 nitrogen and oxygen atoms in total. The summed E-state index contributed by atoms with van der Waals surface area (Å²) in [4.78, 5) is 2.29. The van der Waals surface area contributed by atoms with Crippen molar-refractivity contribution < 1.29 is 4.42 Å². The number of benzene rings is 7. The molecule has 0 fully saturated rings. The van der Waals surface area contributed by atoms with Crippen molar-refractivity contribution in [1.82, 2.24) is 0 Å². The molecule has 0 atom stereocenters. The molecule has 2 heteroatoms. The Hall–Kier alpha value is -5.34. The molecular formula is C38H25NO. The van der Waals surface area contributed by atoms with E-state index in [1.54, 1.807) is 0 Å². The minimum atomic E-state index is 0.889. The molecule has 0 saturated heterocycles. The molecule has 0 spiro atoms. The van der Waals surface area contributed by atoms with E-state index in [1.165, 1.54) is 32.7 Å². The van der Waals surface area contributed by atoms with Crippen molar-refractivity contribution in [3.8, 4) is 11.1 Å². The van der Waals surface area contributed by atoms with Crippen molar-refractivity contribution >= 4 is 60.5 Å². The van der Waals surface area contributed by atoms with Gasteiger partial charge in [0.05, 0.1) is 0 Å². The summed E-state index contributed by atoms with van der Waals surface area (Å²) in [5.74, 6) is 0. The van der Waals surface area contributed by atoms with Crippen molar-refractivity contribution in [3.05, 3.63) is 152 Å². The van der Waals surface area contributed by atoms with Crippen LogP contribution in [0.5, 0.6) is 0 Å². The fourth-order valence-electron chi connectivity index (χ4n) is 5.97. The number of hydrogen-bond acceptors (Lipinski definition) is 2. The van der Waals surface area contributed by atoms with Gasteiger partial charge in [-0.1, -0.05) is 91.0 Å². The van der Waals surface area contributed by atoms with Crippen LogP contribution in [0.1, 0.15) is 0 Å². The van der Waals surface area contributed by atoms with Gasteiger partial charge in [-0.2, -0.15) is 0 Å². The number of nitrogens with zero attached hydrogens (tertiary/aromatic N) is 1. The smallest absolute Gasteiger partial charge is 0.135 e. The summed E-state index contributed by atoms with van der Waals surface area (Å²) in [5, 5.41) is 7.29. The molecular weight excluding hydrogens is 486 g/mol. The van der Waals surface area contributed by atoms with Gasteiger partial charge < -0.3 is 9.32 Å². The third-order valence-electron chi connectivity index (χ3n) is 7.82. The largest absolute Gasteiger partial charge is 0.456 e. The van der Waals surface area contributed by atoms with Crippen molar-refractivity contribution in [2.45, 2.75) is 0 Å². The molecule has 0 amide bonds. The summed E-state index contributed by atoms with van der Waals surface area (Å²) in [6.07, 6.45) is 0. The van der Waals surface area contributed by atoms with Gasteiger partial charge in [-0.05, 0) is 93.3 Å². The molecule has 0 saturated carbocycles. The highest BCUT2D eigenvalue weighted by atomic mass is 16.3. The van der Waals surface area contributed by atoms with Crippen molar-refractivity contribution in [2.75, 3.05) is 4.90 Å². The van der Waals surface area contributed by atoms with Crippen molar-refractivity contribution in [2.24, 2.45) is 0 Å². The lowest BCUT2D eigenvalue weighted by Gasteiger charge is -2.25. The number of hydrogen-bond donors (Lipinski definition) is 0. The minimum Gasteiger partial charge on any atom is -0.456 e. The monoisotopic (exact) mass is 511 g/mol. The Morgan fingerprint density at radius 3 is 1.68 bits per heavy atom. The summed E-state index contributed by atoms with van der Waals surface area (Å²) in [5.41, 5.74) is 7.53. The van der Waals surface area contributed by atoms with E-state index in [-0.39, 0.29) is 0 Å². The van der Waals surface area contributed by atoms with Gasteiger partial charge in [0.2, 0.25) is 0 Å². The molecule has 1 aromatic heterocycles. The quantitative estimate of drug-likeness (QED) is 0.218. The van der Waals surface area contributed by atoms with Crippen LogP contribution in [-0.2, 0) is 0 Å². The Kier molecular flexibility index (Phi) is 5.17. The SMILES string of the molecule is c1ccc(N(c2ccccc2)c2ccc3oc4ccc(-c5cc6ccccc6c6ccccc56)cc4c3c2)cc1. The van der Waals surface area contributed by atoms with Crippen LogP contribution < -0.4 is 4.90 Å². The highest BCUT2D eigenvalue weighted by molar-refractivity contribution is 6.15. The molecule has 0 bridgehead atoms. The maximum atomic E-state index is 6.33. The first-order valence-electron chi connectivity index (χ1n) is 13.6. The van der Waals surface area contributed by atoms with E-state index >= 15 is 0 Å². The average Bonchev–Trinajstić information content (AvgIpc) is 3.39. The van der Waals surface area contributed by atoms with E-state index in [2.05, 4.69) is 157 Å². The van der Waals surface area contributed by atoms with Crippen LogP contribution in [0.3, 0.4) is 0 Å². The molecule has 0 aliphatic carbocycles. The second kappa shape index (κ2) is 9.14.